The predicted molar refractivity (Wildman–Crippen MR) is 80.7 cm³/mol. The van der Waals surface area contributed by atoms with Crippen molar-refractivity contribution in [3.05, 3.63) is 16.6 Å². The SMILES string of the molecule is Cc1nn(C)c2sc(C(=O)N3CC(C)OC(CO)C3)cc12. The molecule has 2 aromatic rings. The molecule has 0 bridgehead atoms. The summed E-state index contributed by atoms with van der Waals surface area (Å²) in [6, 6.07) is 1.92. The zero-order chi connectivity index (χ0) is 15.1. The predicted octanol–water partition coefficient (Wildman–Crippen LogP) is 1.17. The van der Waals surface area contributed by atoms with Crippen molar-refractivity contribution in [2.24, 2.45) is 7.05 Å². The second kappa shape index (κ2) is 5.40. The summed E-state index contributed by atoms with van der Waals surface area (Å²) in [6.07, 6.45) is -0.354. The third-order valence-corrected chi connectivity index (χ3v) is 4.91. The lowest BCUT2D eigenvalue weighted by Gasteiger charge is -2.35. The Morgan fingerprint density at radius 1 is 1.57 bits per heavy atom. The highest BCUT2D eigenvalue weighted by molar-refractivity contribution is 7.20. The van der Waals surface area contributed by atoms with Crippen LogP contribution in [-0.4, -0.2) is 57.6 Å². The van der Waals surface area contributed by atoms with Crippen LogP contribution in [-0.2, 0) is 11.8 Å². The maximum Gasteiger partial charge on any atom is 0.264 e. The van der Waals surface area contributed by atoms with Crippen molar-refractivity contribution in [1.82, 2.24) is 14.7 Å². The highest BCUT2D eigenvalue weighted by Crippen LogP contribution is 2.29. The number of hydrogen-bond donors (Lipinski definition) is 1. The van der Waals surface area contributed by atoms with Crippen molar-refractivity contribution in [2.45, 2.75) is 26.1 Å². The van der Waals surface area contributed by atoms with Gasteiger partial charge in [0.25, 0.3) is 5.91 Å². The quantitative estimate of drug-likeness (QED) is 0.904. The molecular weight excluding hydrogens is 290 g/mol. The lowest BCUT2D eigenvalue weighted by atomic mass is 10.2. The number of hydrogen-bond acceptors (Lipinski definition) is 5. The molecule has 0 radical (unpaired) electrons. The molecule has 21 heavy (non-hydrogen) atoms. The van der Waals surface area contributed by atoms with E-state index < -0.39 is 0 Å². The van der Waals surface area contributed by atoms with Crippen LogP contribution in [0.5, 0.6) is 0 Å². The molecular formula is C14H19N3O3S. The van der Waals surface area contributed by atoms with Gasteiger partial charge in [0.05, 0.1) is 29.4 Å². The third-order valence-electron chi connectivity index (χ3n) is 3.72. The topological polar surface area (TPSA) is 67.6 Å². The molecule has 2 unspecified atom stereocenters. The van der Waals surface area contributed by atoms with Crippen molar-refractivity contribution >= 4 is 27.5 Å². The van der Waals surface area contributed by atoms with Crippen LogP contribution in [0.3, 0.4) is 0 Å². The van der Waals surface area contributed by atoms with E-state index in [0.29, 0.717) is 18.0 Å². The number of aromatic nitrogens is 2. The third kappa shape index (κ3) is 2.56. The second-order valence-corrected chi connectivity index (χ2v) is 6.53. The van der Waals surface area contributed by atoms with Gasteiger partial charge in [0.15, 0.2) is 0 Å². The van der Waals surface area contributed by atoms with Crippen LogP contribution in [0.15, 0.2) is 6.07 Å². The van der Waals surface area contributed by atoms with Crippen LogP contribution < -0.4 is 0 Å². The maximum atomic E-state index is 12.7. The molecule has 0 aliphatic carbocycles. The lowest BCUT2D eigenvalue weighted by Crippen LogP contribution is -2.50. The largest absolute Gasteiger partial charge is 0.394 e. The molecule has 1 amide bonds. The van der Waals surface area contributed by atoms with E-state index in [9.17, 15) is 9.90 Å². The average Bonchev–Trinajstić information content (AvgIpc) is 3.00. The van der Waals surface area contributed by atoms with Gasteiger partial charge in [-0.15, -0.1) is 11.3 Å². The van der Waals surface area contributed by atoms with E-state index in [1.807, 2.05) is 31.6 Å². The molecule has 0 saturated carbocycles. The summed E-state index contributed by atoms with van der Waals surface area (Å²) in [6.45, 7) is 4.79. The van der Waals surface area contributed by atoms with Crippen LogP contribution in [0, 0.1) is 6.92 Å². The van der Waals surface area contributed by atoms with Crippen molar-refractivity contribution in [2.75, 3.05) is 19.7 Å². The minimum Gasteiger partial charge on any atom is -0.394 e. The van der Waals surface area contributed by atoms with Gasteiger partial charge in [-0.25, -0.2) is 0 Å². The fraction of sp³-hybridized carbons (Fsp3) is 0.571. The Kier molecular flexibility index (Phi) is 3.73. The molecule has 3 heterocycles. The fourth-order valence-electron chi connectivity index (χ4n) is 2.78. The minimum atomic E-state index is -0.296. The number of amides is 1. The van der Waals surface area contributed by atoms with E-state index in [2.05, 4.69) is 5.10 Å². The highest BCUT2D eigenvalue weighted by atomic mass is 32.1. The van der Waals surface area contributed by atoms with Gasteiger partial charge in [-0.05, 0) is 19.9 Å². The standard InChI is InChI=1S/C14H19N3O3S/c1-8-5-17(6-10(7-18)20-8)13(19)12-4-11-9(2)15-16(3)14(11)21-12/h4,8,10,18H,5-7H2,1-3H3. The van der Waals surface area contributed by atoms with Crippen molar-refractivity contribution in [3.8, 4) is 0 Å². The van der Waals surface area contributed by atoms with Crippen LogP contribution in [0.25, 0.3) is 10.2 Å². The number of aliphatic hydroxyl groups is 1. The number of aryl methyl sites for hydroxylation is 2. The van der Waals surface area contributed by atoms with Crippen LogP contribution in [0.1, 0.15) is 22.3 Å². The summed E-state index contributed by atoms with van der Waals surface area (Å²) in [5.74, 6) is 0.00389. The summed E-state index contributed by atoms with van der Waals surface area (Å²) in [4.78, 5) is 16.2. The van der Waals surface area contributed by atoms with Gasteiger partial charge in [0, 0.05) is 25.5 Å². The Bertz CT molecular complexity index is 644. The number of carbonyl (C=O) groups is 1. The Hall–Kier alpha value is -1.44. The van der Waals surface area contributed by atoms with E-state index in [1.54, 1.807) is 4.90 Å². The summed E-state index contributed by atoms with van der Waals surface area (Å²) in [7, 11) is 1.89. The molecule has 1 aliphatic rings. The van der Waals surface area contributed by atoms with Crippen LogP contribution >= 0.6 is 11.3 Å². The van der Waals surface area contributed by atoms with Gasteiger partial charge in [0.2, 0.25) is 0 Å². The molecule has 1 N–H and O–H groups in total. The molecule has 0 spiro atoms. The molecule has 1 saturated heterocycles. The lowest BCUT2D eigenvalue weighted by molar-refractivity contribution is -0.0857. The summed E-state index contributed by atoms with van der Waals surface area (Å²) in [5.41, 5.74) is 0.936. The number of thiophene rings is 1. The van der Waals surface area contributed by atoms with Crippen molar-refractivity contribution in [3.63, 3.8) is 0 Å². The number of aliphatic hydroxyl groups excluding tert-OH is 1. The van der Waals surface area contributed by atoms with E-state index in [0.717, 1.165) is 15.9 Å². The maximum absolute atomic E-state index is 12.7. The molecule has 0 aromatic carbocycles. The van der Waals surface area contributed by atoms with Crippen LogP contribution in [0.2, 0.25) is 0 Å². The first-order valence-corrected chi connectivity index (χ1v) is 7.80. The van der Waals surface area contributed by atoms with Gasteiger partial charge in [0.1, 0.15) is 4.83 Å². The molecule has 1 aliphatic heterocycles. The Balaban J connectivity index is 1.87. The summed E-state index contributed by atoms with van der Waals surface area (Å²) in [5, 5.41) is 14.6. The molecule has 1 fully saturated rings. The molecule has 114 valence electrons. The molecule has 3 rings (SSSR count). The first-order chi connectivity index (χ1) is 9.99. The van der Waals surface area contributed by atoms with E-state index in [4.69, 9.17) is 4.74 Å². The second-order valence-electron chi connectivity index (χ2n) is 5.50. The van der Waals surface area contributed by atoms with E-state index in [-0.39, 0.29) is 24.7 Å². The minimum absolute atomic E-state index is 0.00389. The van der Waals surface area contributed by atoms with Gasteiger partial charge in [-0.2, -0.15) is 5.10 Å². The zero-order valence-electron chi connectivity index (χ0n) is 12.4. The first-order valence-electron chi connectivity index (χ1n) is 6.98. The average molecular weight is 309 g/mol. The normalized spacial score (nSPS) is 23.0. The zero-order valence-corrected chi connectivity index (χ0v) is 13.2. The molecule has 2 atom stereocenters. The number of carbonyl (C=O) groups excluding carboxylic acids is 1. The molecule has 2 aromatic heterocycles. The number of nitrogens with zero attached hydrogens (tertiary/aromatic N) is 3. The number of fused-ring (bicyclic) bond motifs is 1. The number of morpholine rings is 1. The Labute approximate surface area is 126 Å². The van der Waals surface area contributed by atoms with E-state index >= 15 is 0 Å². The van der Waals surface area contributed by atoms with E-state index in [1.165, 1.54) is 11.3 Å². The summed E-state index contributed by atoms with van der Waals surface area (Å²) < 4.78 is 7.39. The highest BCUT2D eigenvalue weighted by Gasteiger charge is 2.29. The molecule has 6 nitrogen and oxygen atoms in total. The summed E-state index contributed by atoms with van der Waals surface area (Å²) >= 11 is 1.46. The van der Waals surface area contributed by atoms with Gasteiger partial charge in [-0.1, -0.05) is 0 Å². The monoisotopic (exact) mass is 309 g/mol. The van der Waals surface area contributed by atoms with Crippen molar-refractivity contribution in [1.29, 1.82) is 0 Å². The van der Waals surface area contributed by atoms with Gasteiger partial charge in [-0.3, -0.25) is 9.48 Å². The smallest absolute Gasteiger partial charge is 0.264 e. The first kappa shape index (κ1) is 14.5. The fourth-order valence-corrected chi connectivity index (χ4v) is 3.87. The number of rotatable bonds is 2. The van der Waals surface area contributed by atoms with Gasteiger partial charge < -0.3 is 14.7 Å². The molecule has 7 heteroatoms. The Morgan fingerprint density at radius 3 is 3.00 bits per heavy atom. The van der Waals surface area contributed by atoms with Crippen LogP contribution in [0.4, 0.5) is 0 Å². The van der Waals surface area contributed by atoms with Gasteiger partial charge >= 0.3 is 0 Å². The Morgan fingerprint density at radius 2 is 2.33 bits per heavy atom. The van der Waals surface area contributed by atoms with Crippen molar-refractivity contribution < 1.29 is 14.6 Å². The number of ether oxygens (including phenoxy) is 1.